The van der Waals surface area contributed by atoms with E-state index in [0.29, 0.717) is 5.75 Å². The van der Waals surface area contributed by atoms with Gasteiger partial charge >= 0.3 is 5.97 Å². The molecule has 1 aliphatic rings. The topological polar surface area (TPSA) is 102 Å². The molecule has 0 aliphatic heterocycles. The van der Waals surface area contributed by atoms with Gasteiger partial charge in [-0.3, -0.25) is 4.79 Å². The maximum absolute atomic E-state index is 11.9. The summed E-state index contributed by atoms with van der Waals surface area (Å²) in [7, 11) is 0. The summed E-state index contributed by atoms with van der Waals surface area (Å²) in [5.74, 6) is 1.14. The van der Waals surface area contributed by atoms with Crippen LogP contribution in [0.4, 0.5) is 0 Å². The van der Waals surface area contributed by atoms with Gasteiger partial charge in [0.25, 0.3) is 5.91 Å². The minimum Gasteiger partial charge on any atom is -0.464 e. The number of rotatable bonds is 9. The van der Waals surface area contributed by atoms with E-state index in [2.05, 4.69) is 5.32 Å². The van der Waals surface area contributed by atoms with Gasteiger partial charge in [0.1, 0.15) is 12.1 Å². The van der Waals surface area contributed by atoms with E-state index in [-0.39, 0.29) is 6.61 Å². The van der Waals surface area contributed by atoms with Gasteiger partial charge in [0.2, 0.25) is 0 Å². The average molecular weight is 346 g/mol. The number of thioether (sulfide) groups is 1. The van der Waals surface area contributed by atoms with Crippen molar-refractivity contribution in [2.45, 2.75) is 64.1 Å². The Balaban J connectivity index is 2.26. The first kappa shape index (κ1) is 20.3. The lowest BCUT2D eigenvalue weighted by Gasteiger charge is -2.23. The number of nitrogens with two attached hydrogens (primary N) is 1. The zero-order valence-electron chi connectivity index (χ0n) is 14.1. The predicted molar refractivity (Wildman–Crippen MR) is 92.1 cm³/mol. The van der Waals surface area contributed by atoms with Crippen molar-refractivity contribution in [3.8, 4) is 0 Å². The molecule has 0 heterocycles. The van der Waals surface area contributed by atoms with E-state index in [0.717, 1.165) is 11.7 Å². The summed E-state index contributed by atoms with van der Waals surface area (Å²) in [4.78, 5) is 23.4. The molecule has 1 amide bonds. The summed E-state index contributed by atoms with van der Waals surface area (Å²) < 4.78 is 4.81. The van der Waals surface area contributed by atoms with Crippen LogP contribution >= 0.6 is 11.8 Å². The van der Waals surface area contributed by atoms with Gasteiger partial charge in [-0.2, -0.15) is 11.8 Å². The number of ether oxygens (including phenoxy) is 1. The molecule has 134 valence electrons. The highest BCUT2D eigenvalue weighted by Crippen LogP contribution is 2.26. The van der Waals surface area contributed by atoms with Gasteiger partial charge < -0.3 is 20.9 Å². The molecule has 0 bridgehead atoms. The first-order valence-electron chi connectivity index (χ1n) is 8.44. The van der Waals surface area contributed by atoms with E-state index in [4.69, 9.17) is 10.5 Å². The lowest BCUT2D eigenvalue weighted by atomic mass is 9.91. The highest BCUT2D eigenvalue weighted by molar-refractivity contribution is 7.99. The highest BCUT2D eigenvalue weighted by atomic mass is 32.2. The summed E-state index contributed by atoms with van der Waals surface area (Å²) in [6.07, 6.45) is 5.15. The Morgan fingerprint density at radius 2 is 2.00 bits per heavy atom. The van der Waals surface area contributed by atoms with Gasteiger partial charge in [0.05, 0.1) is 6.61 Å². The molecule has 0 aromatic rings. The molecule has 4 N–H and O–H groups in total. The number of aliphatic hydroxyl groups is 1. The summed E-state index contributed by atoms with van der Waals surface area (Å²) in [5, 5.41) is 12.4. The Hall–Kier alpha value is -0.790. The third kappa shape index (κ3) is 7.54. The Kier molecular flexibility index (Phi) is 9.59. The fourth-order valence-electron chi connectivity index (χ4n) is 2.64. The molecule has 0 saturated heterocycles. The van der Waals surface area contributed by atoms with Crippen LogP contribution in [0.25, 0.3) is 0 Å². The molecular formula is C16H30N2O4S. The maximum atomic E-state index is 11.9. The standard InChI is InChI=1S/C16H30N2O4S/c1-3-22-16(21)11(2)18-15(20)14(19)13(17)10-23-9-12-7-5-4-6-8-12/h11-14,19H,3-10,17H2,1-2H3,(H,18,20)/t11-,13+,14?/m0/s1. The number of nitrogens with one attached hydrogen (secondary N) is 1. The highest BCUT2D eigenvalue weighted by Gasteiger charge is 2.26. The number of carbonyl (C=O) groups excluding carboxylic acids is 2. The summed E-state index contributed by atoms with van der Waals surface area (Å²) in [6.45, 7) is 3.46. The van der Waals surface area contributed by atoms with Gasteiger partial charge in [-0.1, -0.05) is 19.3 Å². The van der Waals surface area contributed by atoms with E-state index in [9.17, 15) is 14.7 Å². The zero-order chi connectivity index (χ0) is 17.2. The second kappa shape index (κ2) is 10.9. The zero-order valence-corrected chi connectivity index (χ0v) is 14.9. The number of esters is 1. The van der Waals surface area contributed by atoms with E-state index in [1.165, 1.54) is 39.0 Å². The first-order valence-corrected chi connectivity index (χ1v) is 9.59. The van der Waals surface area contributed by atoms with Crippen molar-refractivity contribution < 1.29 is 19.4 Å². The van der Waals surface area contributed by atoms with Crippen LogP contribution in [0.2, 0.25) is 0 Å². The van der Waals surface area contributed by atoms with Crippen LogP contribution in [0, 0.1) is 5.92 Å². The summed E-state index contributed by atoms with van der Waals surface area (Å²) in [5.41, 5.74) is 5.90. The van der Waals surface area contributed by atoms with Gasteiger partial charge in [0, 0.05) is 11.8 Å². The molecule has 1 saturated carbocycles. The van der Waals surface area contributed by atoms with Gasteiger partial charge in [0.15, 0.2) is 0 Å². The molecule has 0 aromatic heterocycles. The van der Waals surface area contributed by atoms with Gasteiger partial charge in [-0.15, -0.1) is 0 Å². The molecule has 3 atom stereocenters. The molecule has 0 spiro atoms. The predicted octanol–water partition coefficient (Wildman–Crippen LogP) is 1.06. The van der Waals surface area contributed by atoms with Crippen LogP contribution in [-0.4, -0.2) is 53.3 Å². The molecule has 1 fully saturated rings. The molecular weight excluding hydrogens is 316 g/mol. The molecule has 0 aromatic carbocycles. The van der Waals surface area contributed by atoms with Crippen molar-refractivity contribution in [3.05, 3.63) is 0 Å². The van der Waals surface area contributed by atoms with Crippen molar-refractivity contribution in [3.63, 3.8) is 0 Å². The van der Waals surface area contributed by atoms with E-state index in [1.807, 2.05) is 0 Å². The van der Waals surface area contributed by atoms with Crippen molar-refractivity contribution >= 4 is 23.6 Å². The number of aliphatic hydroxyl groups excluding tert-OH is 1. The van der Waals surface area contributed by atoms with Crippen molar-refractivity contribution in [1.29, 1.82) is 0 Å². The minimum absolute atomic E-state index is 0.249. The van der Waals surface area contributed by atoms with Crippen LogP contribution in [0.1, 0.15) is 46.0 Å². The summed E-state index contributed by atoms with van der Waals surface area (Å²) >= 11 is 1.69. The molecule has 1 rings (SSSR count). The fraction of sp³-hybridized carbons (Fsp3) is 0.875. The first-order chi connectivity index (χ1) is 11.0. The van der Waals surface area contributed by atoms with E-state index >= 15 is 0 Å². The smallest absolute Gasteiger partial charge is 0.328 e. The fourth-order valence-corrected chi connectivity index (χ4v) is 3.89. The minimum atomic E-state index is -1.31. The van der Waals surface area contributed by atoms with Crippen LogP contribution in [0.15, 0.2) is 0 Å². The molecule has 1 aliphatic carbocycles. The lowest BCUT2D eigenvalue weighted by Crippen LogP contribution is -2.51. The number of hydrogen-bond donors (Lipinski definition) is 3. The van der Waals surface area contributed by atoms with Crippen LogP contribution in [0.5, 0.6) is 0 Å². The monoisotopic (exact) mass is 346 g/mol. The van der Waals surface area contributed by atoms with Crippen LogP contribution in [-0.2, 0) is 14.3 Å². The second-order valence-corrected chi connectivity index (χ2v) is 7.21. The largest absolute Gasteiger partial charge is 0.464 e. The van der Waals surface area contributed by atoms with Crippen LogP contribution < -0.4 is 11.1 Å². The Bertz CT molecular complexity index is 375. The van der Waals surface area contributed by atoms with Gasteiger partial charge in [-0.05, 0) is 38.4 Å². The molecule has 23 heavy (non-hydrogen) atoms. The third-order valence-corrected chi connectivity index (χ3v) is 5.39. The summed E-state index contributed by atoms with van der Waals surface area (Å²) in [6, 6.07) is -1.43. The Labute approximate surface area is 142 Å². The average Bonchev–Trinajstić information content (AvgIpc) is 2.55. The van der Waals surface area contributed by atoms with E-state index in [1.54, 1.807) is 18.7 Å². The number of amides is 1. The van der Waals surface area contributed by atoms with Gasteiger partial charge in [-0.25, -0.2) is 4.79 Å². The maximum Gasteiger partial charge on any atom is 0.328 e. The van der Waals surface area contributed by atoms with E-state index < -0.39 is 30.1 Å². The molecule has 7 heteroatoms. The quantitative estimate of drug-likeness (QED) is 0.540. The molecule has 1 unspecified atom stereocenters. The van der Waals surface area contributed by atoms with Crippen molar-refractivity contribution in [2.24, 2.45) is 11.7 Å². The lowest BCUT2D eigenvalue weighted by molar-refractivity contribution is -0.148. The Morgan fingerprint density at radius 1 is 1.35 bits per heavy atom. The second-order valence-electron chi connectivity index (χ2n) is 6.13. The van der Waals surface area contributed by atoms with Crippen molar-refractivity contribution in [2.75, 3.05) is 18.1 Å². The van der Waals surface area contributed by atoms with Crippen molar-refractivity contribution in [1.82, 2.24) is 5.32 Å². The molecule has 0 radical (unpaired) electrons. The SMILES string of the molecule is CCOC(=O)[C@H](C)NC(=O)C(O)[C@H](N)CSCC1CCCCC1. The number of hydrogen-bond acceptors (Lipinski definition) is 6. The third-order valence-electron chi connectivity index (χ3n) is 4.06. The normalized spacial score (nSPS) is 19.7. The van der Waals surface area contributed by atoms with Crippen LogP contribution in [0.3, 0.4) is 0 Å². The molecule has 6 nitrogen and oxygen atoms in total. The Morgan fingerprint density at radius 3 is 2.61 bits per heavy atom. The number of carbonyl (C=O) groups is 2.